The van der Waals surface area contributed by atoms with Crippen LogP contribution in [0.3, 0.4) is 0 Å². The molecule has 2 fully saturated rings. The van der Waals surface area contributed by atoms with Crippen LogP contribution < -0.4 is 0 Å². The third-order valence-corrected chi connectivity index (χ3v) is 3.10. The fourth-order valence-electron chi connectivity index (χ4n) is 2.57. The summed E-state index contributed by atoms with van der Waals surface area (Å²) in [7, 11) is 0. The van der Waals surface area contributed by atoms with E-state index in [4.69, 9.17) is 0 Å². The largest absolute Gasteiger partial charge is 0.393 e. The van der Waals surface area contributed by atoms with Crippen molar-refractivity contribution in [3.05, 3.63) is 0 Å². The van der Waals surface area contributed by atoms with Gasteiger partial charge in [-0.25, -0.2) is 0 Å². The number of hydrogen-bond donors (Lipinski definition) is 2. The summed E-state index contributed by atoms with van der Waals surface area (Å²) in [5.74, 6) is 0.852. The van der Waals surface area contributed by atoms with Gasteiger partial charge in [-0.15, -0.1) is 0 Å². The molecule has 2 N–H and O–H groups in total. The highest BCUT2D eigenvalue weighted by Gasteiger charge is 2.43. The van der Waals surface area contributed by atoms with Crippen LogP contribution in [0.4, 0.5) is 0 Å². The van der Waals surface area contributed by atoms with Crippen LogP contribution in [0.5, 0.6) is 0 Å². The molecule has 0 amide bonds. The molecule has 0 heterocycles. The maximum Gasteiger partial charge on any atom is 0.0596 e. The maximum absolute atomic E-state index is 9.41. The first-order valence-corrected chi connectivity index (χ1v) is 4.15. The molecule has 2 nitrogen and oxygen atoms in total. The van der Waals surface area contributed by atoms with Crippen LogP contribution in [-0.2, 0) is 0 Å². The lowest BCUT2D eigenvalue weighted by molar-refractivity contribution is 0.114. The molecule has 4 atom stereocenters. The molecule has 0 unspecified atom stereocenters. The number of aliphatic hydroxyl groups excluding tert-OH is 2. The van der Waals surface area contributed by atoms with E-state index in [9.17, 15) is 10.2 Å². The second-order valence-corrected chi connectivity index (χ2v) is 3.63. The molecule has 2 aliphatic carbocycles. The molecule has 0 spiro atoms. The third-order valence-electron chi connectivity index (χ3n) is 3.10. The van der Waals surface area contributed by atoms with Gasteiger partial charge in [0.15, 0.2) is 0 Å². The van der Waals surface area contributed by atoms with Gasteiger partial charge < -0.3 is 10.2 Å². The lowest BCUT2D eigenvalue weighted by atomic mass is 9.98. The molecule has 0 aromatic carbocycles. The van der Waals surface area contributed by atoms with Crippen LogP contribution in [0.25, 0.3) is 0 Å². The zero-order valence-corrected chi connectivity index (χ0v) is 6.03. The number of fused-ring (bicyclic) bond motifs is 1. The molecule has 58 valence electrons. The zero-order chi connectivity index (χ0) is 7.14. The first-order valence-electron chi connectivity index (χ1n) is 4.15. The Kier molecular flexibility index (Phi) is 1.46. The summed E-state index contributed by atoms with van der Waals surface area (Å²) < 4.78 is 0. The molecule has 10 heavy (non-hydrogen) atoms. The van der Waals surface area contributed by atoms with Gasteiger partial charge in [0.2, 0.25) is 0 Å². The highest BCUT2D eigenvalue weighted by atomic mass is 16.3. The summed E-state index contributed by atoms with van der Waals surface area (Å²) >= 11 is 0. The van der Waals surface area contributed by atoms with Crippen molar-refractivity contribution in [3.8, 4) is 0 Å². The van der Waals surface area contributed by atoms with Crippen LogP contribution in [0.2, 0.25) is 0 Å². The van der Waals surface area contributed by atoms with E-state index >= 15 is 0 Å². The molecule has 2 heteroatoms. The summed E-state index contributed by atoms with van der Waals surface area (Å²) in [5, 5.41) is 18.8. The summed E-state index contributed by atoms with van der Waals surface area (Å²) in [6.45, 7) is 0. The molecule has 0 bridgehead atoms. The smallest absolute Gasteiger partial charge is 0.0596 e. The second kappa shape index (κ2) is 2.21. The molecule has 0 saturated heterocycles. The van der Waals surface area contributed by atoms with Crippen molar-refractivity contribution < 1.29 is 10.2 Å². The average molecular weight is 142 g/mol. The third kappa shape index (κ3) is 0.789. The summed E-state index contributed by atoms with van der Waals surface area (Å²) in [6.07, 6.45) is 3.66. The summed E-state index contributed by atoms with van der Waals surface area (Å²) in [5.41, 5.74) is 0. The van der Waals surface area contributed by atoms with E-state index in [-0.39, 0.29) is 12.2 Å². The number of rotatable bonds is 0. The first kappa shape index (κ1) is 6.62. The molecule has 2 rings (SSSR count). The van der Waals surface area contributed by atoms with Gasteiger partial charge in [0, 0.05) is 0 Å². The van der Waals surface area contributed by atoms with Gasteiger partial charge in [-0.05, 0) is 31.1 Å². The van der Waals surface area contributed by atoms with Gasteiger partial charge >= 0.3 is 0 Å². The second-order valence-electron chi connectivity index (χ2n) is 3.63. The Hall–Kier alpha value is -0.0800. The van der Waals surface area contributed by atoms with E-state index in [1.807, 2.05) is 0 Å². The van der Waals surface area contributed by atoms with Gasteiger partial charge in [0.05, 0.1) is 12.2 Å². The zero-order valence-electron chi connectivity index (χ0n) is 6.03. The van der Waals surface area contributed by atoms with Crippen molar-refractivity contribution >= 4 is 0 Å². The lowest BCUT2D eigenvalue weighted by Gasteiger charge is -2.12. The topological polar surface area (TPSA) is 40.5 Å². The minimum Gasteiger partial charge on any atom is -0.393 e. The molecule has 0 aromatic rings. The minimum absolute atomic E-state index is 0.206. The van der Waals surface area contributed by atoms with E-state index in [1.54, 1.807) is 0 Å². The van der Waals surface area contributed by atoms with Crippen molar-refractivity contribution in [2.75, 3.05) is 0 Å². The van der Waals surface area contributed by atoms with E-state index in [0.29, 0.717) is 18.3 Å². The van der Waals surface area contributed by atoms with Crippen molar-refractivity contribution in [3.63, 3.8) is 0 Å². The molecular weight excluding hydrogens is 128 g/mol. The fourth-order valence-corrected chi connectivity index (χ4v) is 2.57. The van der Waals surface area contributed by atoms with Crippen molar-refractivity contribution in [2.45, 2.75) is 37.9 Å². The molecule has 0 aliphatic heterocycles. The van der Waals surface area contributed by atoms with Gasteiger partial charge in [0.25, 0.3) is 0 Å². The number of hydrogen-bond acceptors (Lipinski definition) is 2. The Labute approximate surface area is 60.9 Å². The SMILES string of the molecule is O[C@@H]1C[C@H](O)[C@H]2CCC[C@H]21. The van der Waals surface area contributed by atoms with E-state index in [0.717, 1.165) is 12.8 Å². The number of aliphatic hydroxyl groups is 2. The van der Waals surface area contributed by atoms with Gasteiger partial charge in [-0.1, -0.05) is 6.42 Å². The maximum atomic E-state index is 9.41. The van der Waals surface area contributed by atoms with Crippen LogP contribution in [0.15, 0.2) is 0 Å². The summed E-state index contributed by atoms with van der Waals surface area (Å²) in [4.78, 5) is 0. The average Bonchev–Trinajstić information content (AvgIpc) is 2.39. The fraction of sp³-hybridized carbons (Fsp3) is 1.00. The monoisotopic (exact) mass is 142 g/mol. The molecule has 0 aromatic heterocycles. The molecule has 2 aliphatic rings. The van der Waals surface area contributed by atoms with Crippen molar-refractivity contribution in [1.29, 1.82) is 0 Å². The minimum atomic E-state index is -0.206. The molecule has 0 radical (unpaired) electrons. The highest BCUT2D eigenvalue weighted by Crippen LogP contribution is 2.43. The lowest BCUT2D eigenvalue weighted by Crippen LogP contribution is -2.15. The van der Waals surface area contributed by atoms with E-state index < -0.39 is 0 Å². The normalized spacial score (nSPS) is 53.4. The first-order chi connectivity index (χ1) is 4.79. The van der Waals surface area contributed by atoms with Gasteiger partial charge in [-0.3, -0.25) is 0 Å². The standard InChI is InChI=1S/C8H14O2/c9-7-4-8(10)6-3-1-2-5(6)7/h5-10H,1-4H2/t5-,6+,7-,8+. The van der Waals surface area contributed by atoms with Crippen LogP contribution in [0.1, 0.15) is 25.7 Å². The van der Waals surface area contributed by atoms with E-state index in [2.05, 4.69) is 0 Å². The van der Waals surface area contributed by atoms with Crippen LogP contribution in [0, 0.1) is 11.8 Å². The van der Waals surface area contributed by atoms with E-state index in [1.165, 1.54) is 6.42 Å². The van der Waals surface area contributed by atoms with Crippen LogP contribution in [-0.4, -0.2) is 22.4 Å². The highest BCUT2D eigenvalue weighted by molar-refractivity contribution is 4.94. The Morgan fingerprint density at radius 2 is 1.40 bits per heavy atom. The Balaban J connectivity index is 2.11. The molecule has 2 saturated carbocycles. The Morgan fingerprint density at radius 3 is 1.90 bits per heavy atom. The molecular formula is C8H14O2. The predicted molar refractivity (Wildman–Crippen MR) is 37.5 cm³/mol. The Morgan fingerprint density at radius 1 is 0.900 bits per heavy atom. The Bertz CT molecular complexity index is 121. The van der Waals surface area contributed by atoms with Crippen molar-refractivity contribution in [2.24, 2.45) is 11.8 Å². The van der Waals surface area contributed by atoms with Crippen molar-refractivity contribution in [1.82, 2.24) is 0 Å². The van der Waals surface area contributed by atoms with Crippen LogP contribution >= 0.6 is 0 Å². The summed E-state index contributed by atoms with van der Waals surface area (Å²) in [6, 6.07) is 0. The van der Waals surface area contributed by atoms with Gasteiger partial charge in [0.1, 0.15) is 0 Å². The quantitative estimate of drug-likeness (QED) is 0.518. The predicted octanol–water partition coefficient (Wildman–Crippen LogP) is 0.528. The van der Waals surface area contributed by atoms with Gasteiger partial charge in [-0.2, -0.15) is 0 Å².